The lowest BCUT2D eigenvalue weighted by Gasteiger charge is -2.09. The lowest BCUT2D eigenvalue weighted by molar-refractivity contribution is 1.20. The van der Waals surface area contributed by atoms with Crippen LogP contribution < -0.4 is 5.32 Å². The van der Waals surface area contributed by atoms with Crippen LogP contribution in [-0.2, 0) is 0 Å². The van der Waals surface area contributed by atoms with Crippen molar-refractivity contribution in [1.29, 1.82) is 0 Å². The quantitative estimate of drug-likeness (QED) is 0.765. The molecule has 0 aliphatic carbocycles. The van der Waals surface area contributed by atoms with Crippen molar-refractivity contribution in [3.63, 3.8) is 0 Å². The molecule has 1 rings (SSSR count). The van der Waals surface area contributed by atoms with Crippen molar-refractivity contribution in [1.82, 2.24) is 0 Å². The Morgan fingerprint density at radius 2 is 1.75 bits per heavy atom. The molecule has 0 aliphatic heterocycles. The maximum absolute atomic E-state index is 3.36. The van der Waals surface area contributed by atoms with Gasteiger partial charge in [-0.2, -0.15) is 0 Å². The average Bonchev–Trinajstić information content (AvgIpc) is 1.96. The number of halogens is 2. The van der Waals surface area contributed by atoms with Gasteiger partial charge in [0.15, 0.2) is 0 Å². The van der Waals surface area contributed by atoms with E-state index in [1.807, 2.05) is 0 Å². The molecule has 0 fully saturated rings. The third-order valence-corrected chi connectivity index (χ3v) is 3.24. The fourth-order valence-corrected chi connectivity index (χ4v) is 3.51. The summed E-state index contributed by atoms with van der Waals surface area (Å²) in [6.45, 7) is 5.22. The second-order valence-electron chi connectivity index (χ2n) is 2.63. The summed E-state index contributed by atoms with van der Waals surface area (Å²) in [7, 11) is 0. The molecule has 1 nitrogen and oxygen atoms in total. The van der Waals surface area contributed by atoms with Gasteiger partial charge in [-0.1, -0.05) is 0 Å². The number of anilines is 1. The van der Waals surface area contributed by atoms with Crippen molar-refractivity contribution in [2.45, 2.75) is 13.8 Å². The highest BCUT2D eigenvalue weighted by molar-refractivity contribution is 14.1. The predicted octanol–water partition coefficient (Wildman–Crippen LogP) is 3.64. The molecule has 3 heteroatoms. The van der Waals surface area contributed by atoms with Crippen molar-refractivity contribution in [3.05, 3.63) is 24.8 Å². The number of aryl methyl sites for hydroxylation is 1. The van der Waals surface area contributed by atoms with E-state index in [1.165, 1.54) is 18.4 Å². The van der Waals surface area contributed by atoms with Crippen molar-refractivity contribution < 1.29 is 0 Å². The molecular weight excluding hydrogens is 376 g/mol. The van der Waals surface area contributed by atoms with Crippen LogP contribution in [0, 0.1) is 14.1 Å². The zero-order chi connectivity index (χ0) is 9.14. The van der Waals surface area contributed by atoms with Gasteiger partial charge in [0.05, 0.1) is 5.69 Å². The predicted molar refractivity (Wildman–Crippen MR) is 70.8 cm³/mol. The van der Waals surface area contributed by atoms with Gasteiger partial charge in [-0.05, 0) is 76.7 Å². The molecule has 12 heavy (non-hydrogen) atoms. The summed E-state index contributed by atoms with van der Waals surface area (Å²) in [6.07, 6.45) is 0. The Bertz CT molecular complexity index is 261. The summed E-state index contributed by atoms with van der Waals surface area (Å²) < 4.78 is 2.61. The first-order valence-electron chi connectivity index (χ1n) is 3.84. The highest BCUT2D eigenvalue weighted by atomic mass is 127. The fourth-order valence-electron chi connectivity index (χ4n) is 1.05. The Morgan fingerprint density at radius 1 is 1.25 bits per heavy atom. The Hall–Kier alpha value is 0.480. The molecule has 1 aromatic rings. The highest BCUT2D eigenvalue weighted by Gasteiger charge is 2.03. The SMILES string of the molecule is CCNc1c(I)cc(C)cc1I. The van der Waals surface area contributed by atoms with Gasteiger partial charge in [0.2, 0.25) is 0 Å². The summed E-state index contributed by atoms with van der Waals surface area (Å²) in [5.41, 5.74) is 2.59. The lowest BCUT2D eigenvalue weighted by Crippen LogP contribution is -2.01. The minimum atomic E-state index is 0.981. The van der Waals surface area contributed by atoms with Gasteiger partial charge in [0, 0.05) is 13.7 Å². The van der Waals surface area contributed by atoms with Crippen LogP contribution in [-0.4, -0.2) is 6.54 Å². The minimum Gasteiger partial charge on any atom is -0.384 e. The number of benzene rings is 1. The fraction of sp³-hybridized carbons (Fsp3) is 0.333. The van der Waals surface area contributed by atoms with Crippen LogP contribution in [0.1, 0.15) is 12.5 Å². The first-order valence-corrected chi connectivity index (χ1v) is 6.00. The monoisotopic (exact) mass is 387 g/mol. The largest absolute Gasteiger partial charge is 0.384 e. The Labute approximate surface area is 101 Å². The summed E-state index contributed by atoms with van der Waals surface area (Å²) in [5.74, 6) is 0. The van der Waals surface area contributed by atoms with Gasteiger partial charge in [-0.3, -0.25) is 0 Å². The molecule has 0 atom stereocenters. The van der Waals surface area contributed by atoms with E-state index >= 15 is 0 Å². The van der Waals surface area contributed by atoms with Crippen LogP contribution in [0.25, 0.3) is 0 Å². The minimum absolute atomic E-state index is 0.981. The molecule has 0 radical (unpaired) electrons. The second kappa shape index (κ2) is 4.64. The van der Waals surface area contributed by atoms with Crippen LogP contribution in [0.15, 0.2) is 12.1 Å². The molecule has 1 aromatic carbocycles. The van der Waals surface area contributed by atoms with Crippen molar-refractivity contribution in [3.8, 4) is 0 Å². The second-order valence-corrected chi connectivity index (χ2v) is 4.96. The van der Waals surface area contributed by atoms with E-state index in [0.29, 0.717) is 0 Å². The van der Waals surface area contributed by atoms with Crippen molar-refractivity contribution in [2.75, 3.05) is 11.9 Å². The Balaban J connectivity index is 3.10. The van der Waals surface area contributed by atoms with Gasteiger partial charge < -0.3 is 5.32 Å². The maximum Gasteiger partial charge on any atom is 0.0611 e. The summed E-state index contributed by atoms with van der Waals surface area (Å²) in [5, 5.41) is 3.36. The number of rotatable bonds is 2. The molecule has 0 aromatic heterocycles. The third-order valence-electron chi connectivity index (χ3n) is 1.54. The van der Waals surface area contributed by atoms with Crippen LogP contribution in [0.5, 0.6) is 0 Å². The van der Waals surface area contributed by atoms with E-state index in [2.05, 4.69) is 76.5 Å². The molecule has 0 saturated carbocycles. The van der Waals surface area contributed by atoms with Crippen molar-refractivity contribution >= 4 is 50.9 Å². The van der Waals surface area contributed by atoms with E-state index in [9.17, 15) is 0 Å². The molecule has 66 valence electrons. The molecule has 1 N–H and O–H groups in total. The maximum atomic E-state index is 3.36. The van der Waals surface area contributed by atoms with E-state index in [0.717, 1.165) is 6.54 Å². The molecule has 0 unspecified atom stereocenters. The first kappa shape index (κ1) is 10.6. The van der Waals surface area contributed by atoms with E-state index < -0.39 is 0 Å². The molecule has 0 aliphatic rings. The van der Waals surface area contributed by atoms with E-state index in [1.54, 1.807) is 0 Å². The molecular formula is C9H11I2N. The van der Waals surface area contributed by atoms with Gasteiger partial charge in [-0.15, -0.1) is 0 Å². The van der Waals surface area contributed by atoms with Gasteiger partial charge in [0.25, 0.3) is 0 Å². The number of hydrogen-bond acceptors (Lipinski definition) is 1. The lowest BCUT2D eigenvalue weighted by atomic mass is 10.2. The third kappa shape index (κ3) is 2.48. The normalized spacial score (nSPS) is 10.0. The average molecular weight is 387 g/mol. The highest BCUT2D eigenvalue weighted by Crippen LogP contribution is 2.25. The molecule has 0 bridgehead atoms. The summed E-state index contributed by atoms with van der Waals surface area (Å²) in [4.78, 5) is 0. The summed E-state index contributed by atoms with van der Waals surface area (Å²) >= 11 is 4.74. The molecule has 0 heterocycles. The van der Waals surface area contributed by atoms with Crippen LogP contribution >= 0.6 is 45.2 Å². The van der Waals surface area contributed by atoms with E-state index in [4.69, 9.17) is 0 Å². The zero-order valence-corrected chi connectivity index (χ0v) is 11.4. The van der Waals surface area contributed by atoms with Crippen molar-refractivity contribution in [2.24, 2.45) is 0 Å². The topological polar surface area (TPSA) is 12.0 Å². The number of nitrogens with one attached hydrogen (secondary N) is 1. The number of hydrogen-bond donors (Lipinski definition) is 1. The summed E-state index contributed by atoms with van der Waals surface area (Å²) in [6, 6.07) is 4.39. The van der Waals surface area contributed by atoms with Crippen LogP contribution in [0.3, 0.4) is 0 Å². The van der Waals surface area contributed by atoms with Gasteiger partial charge in [0.1, 0.15) is 0 Å². The Morgan fingerprint density at radius 3 is 2.17 bits per heavy atom. The first-order chi connectivity index (χ1) is 5.65. The molecule has 0 amide bonds. The van der Waals surface area contributed by atoms with Crippen LogP contribution in [0.4, 0.5) is 5.69 Å². The van der Waals surface area contributed by atoms with E-state index in [-0.39, 0.29) is 0 Å². The Kier molecular flexibility index (Phi) is 4.09. The standard InChI is InChI=1S/C9H11I2N/c1-3-12-9-7(10)4-6(2)5-8(9)11/h4-5,12H,3H2,1-2H3. The molecule has 0 saturated heterocycles. The zero-order valence-electron chi connectivity index (χ0n) is 7.12. The smallest absolute Gasteiger partial charge is 0.0611 e. The van der Waals surface area contributed by atoms with Gasteiger partial charge >= 0.3 is 0 Å². The van der Waals surface area contributed by atoms with Crippen LogP contribution in [0.2, 0.25) is 0 Å². The van der Waals surface area contributed by atoms with Gasteiger partial charge in [-0.25, -0.2) is 0 Å². The molecule has 0 spiro atoms.